The van der Waals surface area contributed by atoms with Gasteiger partial charge in [0.25, 0.3) is 0 Å². The zero-order chi connectivity index (χ0) is 14.5. The van der Waals surface area contributed by atoms with E-state index >= 15 is 0 Å². The van der Waals surface area contributed by atoms with Gasteiger partial charge >= 0.3 is 0 Å². The summed E-state index contributed by atoms with van der Waals surface area (Å²) in [5.74, 6) is -0.666. The maximum absolute atomic E-state index is 13.6. The van der Waals surface area contributed by atoms with E-state index in [1.165, 1.54) is 6.07 Å². The fourth-order valence-corrected chi connectivity index (χ4v) is 2.02. The molecule has 0 aliphatic carbocycles. The van der Waals surface area contributed by atoms with Crippen molar-refractivity contribution in [2.24, 2.45) is 5.73 Å². The van der Waals surface area contributed by atoms with Crippen molar-refractivity contribution in [3.05, 3.63) is 71.5 Å². The van der Waals surface area contributed by atoms with Crippen LogP contribution in [0.2, 0.25) is 0 Å². The standard InChI is InChI=1S/C16H17FN2O/c1-11(13-9-5-6-10-14(13)17)19-16(20)15(18)12-7-3-2-4-8-12/h2-11,15H,18H2,1H3,(H,19,20). The molecule has 0 saturated carbocycles. The van der Waals surface area contributed by atoms with Gasteiger partial charge < -0.3 is 11.1 Å². The Balaban J connectivity index is 2.07. The van der Waals surface area contributed by atoms with Crippen LogP contribution in [0.5, 0.6) is 0 Å². The van der Waals surface area contributed by atoms with Crippen LogP contribution in [0.25, 0.3) is 0 Å². The van der Waals surface area contributed by atoms with Gasteiger partial charge in [0.15, 0.2) is 0 Å². The molecule has 0 aliphatic heterocycles. The Labute approximate surface area is 117 Å². The summed E-state index contributed by atoms with van der Waals surface area (Å²) in [6.45, 7) is 1.73. The van der Waals surface area contributed by atoms with E-state index in [4.69, 9.17) is 5.73 Å². The molecule has 3 nitrogen and oxygen atoms in total. The summed E-state index contributed by atoms with van der Waals surface area (Å²) in [6.07, 6.45) is 0. The van der Waals surface area contributed by atoms with E-state index in [9.17, 15) is 9.18 Å². The number of nitrogens with two attached hydrogens (primary N) is 1. The topological polar surface area (TPSA) is 55.1 Å². The SMILES string of the molecule is CC(NC(=O)C(N)c1ccccc1)c1ccccc1F. The molecule has 0 spiro atoms. The molecule has 104 valence electrons. The average Bonchev–Trinajstić information content (AvgIpc) is 2.47. The highest BCUT2D eigenvalue weighted by Crippen LogP contribution is 2.17. The van der Waals surface area contributed by atoms with Gasteiger partial charge in [-0.1, -0.05) is 48.5 Å². The van der Waals surface area contributed by atoms with E-state index < -0.39 is 12.1 Å². The van der Waals surface area contributed by atoms with Gasteiger partial charge in [0.2, 0.25) is 5.91 Å². The normalized spacial score (nSPS) is 13.6. The molecule has 2 aromatic carbocycles. The van der Waals surface area contributed by atoms with E-state index in [2.05, 4.69) is 5.32 Å². The fourth-order valence-electron chi connectivity index (χ4n) is 2.02. The highest BCUT2D eigenvalue weighted by molar-refractivity contribution is 5.83. The van der Waals surface area contributed by atoms with Crippen molar-refractivity contribution in [1.29, 1.82) is 0 Å². The molecular formula is C16H17FN2O. The van der Waals surface area contributed by atoms with Crippen LogP contribution in [0.4, 0.5) is 4.39 Å². The summed E-state index contributed by atoms with van der Waals surface area (Å²) >= 11 is 0. The van der Waals surface area contributed by atoms with Gasteiger partial charge in [0.05, 0.1) is 6.04 Å². The molecule has 2 unspecified atom stereocenters. The highest BCUT2D eigenvalue weighted by Gasteiger charge is 2.19. The molecule has 2 atom stereocenters. The van der Waals surface area contributed by atoms with Crippen molar-refractivity contribution >= 4 is 5.91 Å². The average molecular weight is 272 g/mol. The predicted molar refractivity (Wildman–Crippen MR) is 76.3 cm³/mol. The lowest BCUT2D eigenvalue weighted by Gasteiger charge is -2.18. The van der Waals surface area contributed by atoms with Crippen LogP contribution in [-0.2, 0) is 4.79 Å². The third kappa shape index (κ3) is 3.22. The second-order valence-corrected chi connectivity index (χ2v) is 4.64. The number of benzene rings is 2. The minimum atomic E-state index is -0.759. The van der Waals surface area contributed by atoms with Gasteiger partial charge in [-0.2, -0.15) is 0 Å². The molecule has 2 rings (SSSR count). The Morgan fingerprint density at radius 3 is 2.35 bits per heavy atom. The van der Waals surface area contributed by atoms with Crippen LogP contribution >= 0.6 is 0 Å². The largest absolute Gasteiger partial charge is 0.348 e. The lowest BCUT2D eigenvalue weighted by molar-refractivity contribution is -0.123. The van der Waals surface area contributed by atoms with E-state index in [0.29, 0.717) is 5.56 Å². The number of hydrogen-bond donors (Lipinski definition) is 2. The number of carbonyl (C=O) groups is 1. The number of hydrogen-bond acceptors (Lipinski definition) is 2. The molecule has 20 heavy (non-hydrogen) atoms. The fraction of sp³-hybridized carbons (Fsp3) is 0.188. The lowest BCUT2D eigenvalue weighted by atomic mass is 10.0. The maximum atomic E-state index is 13.6. The first-order valence-electron chi connectivity index (χ1n) is 6.45. The summed E-state index contributed by atoms with van der Waals surface area (Å²) in [5, 5.41) is 2.73. The molecule has 4 heteroatoms. The molecule has 0 bridgehead atoms. The Hall–Kier alpha value is -2.20. The molecule has 0 heterocycles. The van der Waals surface area contributed by atoms with Crippen LogP contribution < -0.4 is 11.1 Å². The van der Waals surface area contributed by atoms with Gasteiger partial charge in [-0.3, -0.25) is 4.79 Å². The van der Waals surface area contributed by atoms with E-state index in [1.807, 2.05) is 18.2 Å². The summed E-state index contributed by atoms with van der Waals surface area (Å²) in [5.41, 5.74) is 7.07. The number of amides is 1. The molecular weight excluding hydrogens is 255 g/mol. The monoisotopic (exact) mass is 272 g/mol. The van der Waals surface area contributed by atoms with Crippen molar-refractivity contribution in [3.63, 3.8) is 0 Å². The van der Waals surface area contributed by atoms with Crippen molar-refractivity contribution in [2.75, 3.05) is 0 Å². The second kappa shape index (κ2) is 6.30. The van der Waals surface area contributed by atoms with Crippen molar-refractivity contribution in [2.45, 2.75) is 19.0 Å². The third-order valence-electron chi connectivity index (χ3n) is 3.17. The predicted octanol–water partition coefficient (Wildman–Crippen LogP) is 2.70. The molecule has 0 radical (unpaired) electrons. The van der Waals surface area contributed by atoms with E-state index in [0.717, 1.165) is 5.56 Å². The molecule has 3 N–H and O–H groups in total. The van der Waals surface area contributed by atoms with Crippen LogP contribution in [0.15, 0.2) is 54.6 Å². The molecule has 1 amide bonds. The number of carbonyl (C=O) groups excluding carboxylic acids is 1. The van der Waals surface area contributed by atoms with Crippen LogP contribution in [-0.4, -0.2) is 5.91 Å². The minimum Gasteiger partial charge on any atom is -0.348 e. The molecule has 0 aromatic heterocycles. The van der Waals surface area contributed by atoms with Crippen molar-refractivity contribution in [1.82, 2.24) is 5.32 Å². The first kappa shape index (κ1) is 14.2. The first-order valence-corrected chi connectivity index (χ1v) is 6.45. The van der Waals surface area contributed by atoms with Crippen LogP contribution in [0, 0.1) is 5.82 Å². The van der Waals surface area contributed by atoms with Crippen LogP contribution in [0.1, 0.15) is 30.1 Å². The van der Waals surface area contributed by atoms with E-state index in [-0.39, 0.29) is 11.7 Å². The summed E-state index contributed by atoms with van der Waals surface area (Å²) < 4.78 is 13.6. The smallest absolute Gasteiger partial charge is 0.241 e. The number of halogens is 1. The van der Waals surface area contributed by atoms with Gasteiger partial charge in [-0.25, -0.2) is 4.39 Å². The Morgan fingerprint density at radius 1 is 1.10 bits per heavy atom. The van der Waals surface area contributed by atoms with Gasteiger partial charge in [0, 0.05) is 5.56 Å². The summed E-state index contributed by atoms with van der Waals surface area (Å²) in [6, 6.07) is 14.3. The quantitative estimate of drug-likeness (QED) is 0.899. The molecule has 0 aliphatic rings. The molecule has 0 saturated heterocycles. The second-order valence-electron chi connectivity index (χ2n) is 4.64. The highest BCUT2D eigenvalue weighted by atomic mass is 19.1. The van der Waals surface area contributed by atoms with Crippen LogP contribution in [0.3, 0.4) is 0 Å². The Morgan fingerprint density at radius 2 is 1.70 bits per heavy atom. The summed E-state index contributed by atoms with van der Waals surface area (Å²) in [4.78, 5) is 12.1. The zero-order valence-electron chi connectivity index (χ0n) is 11.2. The first-order chi connectivity index (χ1) is 9.59. The summed E-state index contributed by atoms with van der Waals surface area (Å²) in [7, 11) is 0. The van der Waals surface area contributed by atoms with Crippen molar-refractivity contribution in [3.8, 4) is 0 Å². The maximum Gasteiger partial charge on any atom is 0.241 e. The van der Waals surface area contributed by atoms with E-state index in [1.54, 1.807) is 37.3 Å². The lowest BCUT2D eigenvalue weighted by Crippen LogP contribution is -2.35. The van der Waals surface area contributed by atoms with Gasteiger partial charge in [0.1, 0.15) is 11.9 Å². The number of nitrogens with one attached hydrogen (secondary N) is 1. The van der Waals surface area contributed by atoms with Crippen molar-refractivity contribution < 1.29 is 9.18 Å². The molecule has 0 fully saturated rings. The molecule has 2 aromatic rings. The Bertz CT molecular complexity index is 586. The third-order valence-corrected chi connectivity index (χ3v) is 3.17. The van der Waals surface area contributed by atoms with Gasteiger partial charge in [-0.15, -0.1) is 0 Å². The van der Waals surface area contributed by atoms with Gasteiger partial charge in [-0.05, 0) is 18.6 Å². The minimum absolute atomic E-state index is 0.327. The number of rotatable bonds is 4. The Kier molecular flexibility index (Phi) is 4.48. The zero-order valence-corrected chi connectivity index (χ0v) is 11.2.